The number of aromatic nitrogens is 1. The molecule has 1 unspecified atom stereocenters. The zero-order valence-electron chi connectivity index (χ0n) is 13.6. The molecule has 0 fully saturated rings. The summed E-state index contributed by atoms with van der Waals surface area (Å²) >= 11 is 5.05. The molecular formula is C19H17BrN2O2S. The van der Waals surface area contributed by atoms with Crippen LogP contribution in [-0.4, -0.2) is 10.9 Å². The van der Waals surface area contributed by atoms with Crippen LogP contribution in [0.2, 0.25) is 0 Å². The van der Waals surface area contributed by atoms with E-state index in [1.54, 1.807) is 29.8 Å². The van der Waals surface area contributed by atoms with E-state index >= 15 is 0 Å². The number of halogens is 1. The van der Waals surface area contributed by atoms with Crippen molar-refractivity contribution in [3.05, 3.63) is 80.7 Å². The predicted molar refractivity (Wildman–Crippen MR) is 103 cm³/mol. The fourth-order valence-corrected chi connectivity index (χ4v) is 3.52. The van der Waals surface area contributed by atoms with Crippen LogP contribution in [0.3, 0.4) is 0 Å². The molecule has 0 saturated carbocycles. The Morgan fingerprint density at radius 3 is 2.68 bits per heavy atom. The molecule has 0 saturated heterocycles. The molecule has 128 valence electrons. The highest BCUT2D eigenvalue weighted by Gasteiger charge is 2.13. The van der Waals surface area contributed by atoms with Crippen LogP contribution in [0.4, 0.5) is 0 Å². The summed E-state index contributed by atoms with van der Waals surface area (Å²) in [4.78, 5) is 16.6. The minimum atomic E-state index is -0.116. The number of nitrogens with one attached hydrogen (secondary N) is 1. The highest BCUT2D eigenvalue weighted by Crippen LogP contribution is 2.23. The summed E-state index contributed by atoms with van der Waals surface area (Å²) in [5, 5.41) is 4.96. The number of hydrogen-bond acceptors (Lipinski definition) is 4. The first-order chi connectivity index (χ1) is 12.1. The number of benzene rings is 2. The first-order valence-electron chi connectivity index (χ1n) is 7.78. The van der Waals surface area contributed by atoms with Crippen LogP contribution < -0.4 is 10.1 Å². The number of thiazole rings is 1. The topological polar surface area (TPSA) is 51.2 Å². The maximum absolute atomic E-state index is 12.4. The van der Waals surface area contributed by atoms with Gasteiger partial charge in [0.2, 0.25) is 0 Å². The summed E-state index contributed by atoms with van der Waals surface area (Å²) in [6.45, 7) is 2.39. The van der Waals surface area contributed by atoms with Crippen molar-refractivity contribution in [3.8, 4) is 5.75 Å². The summed E-state index contributed by atoms with van der Waals surface area (Å²) < 4.78 is 6.64. The second kappa shape index (κ2) is 8.27. The van der Waals surface area contributed by atoms with Gasteiger partial charge in [0.15, 0.2) is 0 Å². The van der Waals surface area contributed by atoms with E-state index in [0.717, 1.165) is 15.7 Å². The van der Waals surface area contributed by atoms with Crippen LogP contribution in [-0.2, 0) is 6.61 Å². The van der Waals surface area contributed by atoms with Crippen molar-refractivity contribution in [3.63, 3.8) is 0 Å². The minimum Gasteiger partial charge on any atom is -0.487 e. The molecule has 1 atom stereocenters. The lowest BCUT2D eigenvalue weighted by Gasteiger charge is -2.16. The maximum Gasteiger partial charge on any atom is 0.251 e. The van der Waals surface area contributed by atoms with Crippen LogP contribution in [0.15, 0.2) is 63.9 Å². The number of nitrogens with zero attached hydrogens (tertiary/aromatic N) is 1. The van der Waals surface area contributed by atoms with Gasteiger partial charge >= 0.3 is 0 Å². The van der Waals surface area contributed by atoms with Crippen LogP contribution in [0, 0.1) is 0 Å². The van der Waals surface area contributed by atoms with Gasteiger partial charge in [-0.15, -0.1) is 11.3 Å². The van der Waals surface area contributed by atoms with Gasteiger partial charge in [0.1, 0.15) is 12.4 Å². The number of rotatable bonds is 6. The second-order valence-corrected chi connectivity index (χ2v) is 7.08. The van der Waals surface area contributed by atoms with E-state index in [4.69, 9.17) is 4.74 Å². The predicted octanol–water partition coefficient (Wildman–Crippen LogP) is 4.98. The van der Waals surface area contributed by atoms with Gasteiger partial charge in [0.05, 0.1) is 17.2 Å². The summed E-state index contributed by atoms with van der Waals surface area (Å²) in [5.41, 5.74) is 4.31. The molecule has 0 spiro atoms. The fourth-order valence-electron chi connectivity index (χ4n) is 2.35. The van der Waals surface area contributed by atoms with Crippen LogP contribution in [0.1, 0.15) is 34.6 Å². The Kier molecular flexibility index (Phi) is 5.83. The summed E-state index contributed by atoms with van der Waals surface area (Å²) in [6.07, 6.45) is 0. The molecular weight excluding hydrogens is 400 g/mol. The molecule has 1 heterocycles. The molecule has 3 aromatic rings. The number of carbonyl (C=O) groups excluding carboxylic acids is 1. The van der Waals surface area contributed by atoms with Gasteiger partial charge in [0, 0.05) is 15.4 Å². The third kappa shape index (κ3) is 4.67. The molecule has 6 heteroatoms. The number of amides is 1. The van der Waals surface area contributed by atoms with Gasteiger partial charge in [-0.25, -0.2) is 4.98 Å². The fraction of sp³-hybridized carbons (Fsp3) is 0.158. The van der Waals surface area contributed by atoms with Crippen molar-refractivity contribution in [2.45, 2.75) is 19.6 Å². The van der Waals surface area contributed by atoms with Crippen molar-refractivity contribution in [2.75, 3.05) is 0 Å². The normalized spacial score (nSPS) is 11.8. The van der Waals surface area contributed by atoms with E-state index in [1.165, 1.54) is 11.3 Å². The summed E-state index contributed by atoms with van der Waals surface area (Å²) in [7, 11) is 0. The second-order valence-electron chi connectivity index (χ2n) is 5.51. The Morgan fingerprint density at radius 2 is 2.00 bits per heavy atom. The van der Waals surface area contributed by atoms with Crippen LogP contribution in [0.5, 0.6) is 5.75 Å². The molecule has 3 rings (SSSR count). The van der Waals surface area contributed by atoms with E-state index in [9.17, 15) is 4.79 Å². The lowest BCUT2D eigenvalue weighted by Crippen LogP contribution is -2.26. The number of hydrogen-bond donors (Lipinski definition) is 1. The molecule has 0 aliphatic carbocycles. The molecule has 4 nitrogen and oxygen atoms in total. The quantitative estimate of drug-likeness (QED) is 0.616. The van der Waals surface area contributed by atoms with E-state index < -0.39 is 0 Å². The molecule has 2 aromatic carbocycles. The van der Waals surface area contributed by atoms with Crippen molar-refractivity contribution < 1.29 is 9.53 Å². The average Bonchev–Trinajstić information content (AvgIpc) is 3.14. The smallest absolute Gasteiger partial charge is 0.251 e. The van der Waals surface area contributed by atoms with Gasteiger partial charge in [-0.05, 0) is 42.8 Å². The van der Waals surface area contributed by atoms with Gasteiger partial charge in [-0.1, -0.05) is 34.1 Å². The Balaban J connectivity index is 1.59. The van der Waals surface area contributed by atoms with Crippen LogP contribution >= 0.6 is 27.3 Å². The molecule has 1 aromatic heterocycles. The Morgan fingerprint density at radius 1 is 1.24 bits per heavy atom. The zero-order chi connectivity index (χ0) is 17.6. The highest BCUT2D eigenvalue weighted by atomic mass is 79.9. The molecule has 1 N–H and O–H groups in total. The third-order valence-corrected chi connectivity index (χ3v) is 5.06. The molecule has 0 bridgehead atoms. The molecule has 0 aliphatic rings. The Bertz CT molecular complexity index is 835. The summed E-state index contributed by atoms with van der Waals surface area (Å²) in [6, 6.07) is 14.9. The van der Waals surface area contributed by atoms with Crippen molar-refractivity contribution in [1.82, 2.24) is 10.3 Å². The zero-order valence-corrected chi connectivity index (χ0v) is 16.0. The van der Waals surface area contributed by atoms with Crippen molar-refractivity contribution in [1.29, 1.82) is 0 Å². The SMILES string of the molecule is CC(NC(=O)c1ccc(OCc2cscn2)cc1)c1ccccc1Br. The number of carbonyl (C=O) groups is 1. The number of ether oxygens (including phenoxy) is 1. The third-order valence-electron chi connectivity index (χ3n) is 3.71. The standard InChI is InChI=1S/C19H17BrN2O2S/c1-13(17-4-2-3-5-18(17)20)22-19(23)14-6-8-16(9-7-14)24-10-15-11-25-12-21-15/h2-9,11-13H,10H2,1H3,(H,22,23). The first kappa shape index (κ1) is 17.6. The van der Waals surface area contributed by atoms with Gasteiger partial charge in [-0.3, -0.25) is 4.79 Å². The van der Waals surface area contributed by atoms with E-state index in [1.807, 2.05) is 36.6 Å². The molecule has 1 amide bonds. The van der Waals surface area contributed by atoms with Gasteiger partial charge < -0.3 is 10.1 Å². The van der Waals surface area contributed by atoms with E-state index in [2.05, 4.69) is 26.2 Å². The summed E-state index contributed by atoms with van der Waals surface area (Å²) in [5.74, 6) is 0.595. The van der Waals surface area contributed by atoms with Crippen LogP contribution in [0.25, 0.3) is 0 Å². The average molecular weight is 417 g/mol. The largest absolute Gasteiger partial charge is 0.487 e. The van der Waals surface area contributed by atoms with Crippen molar-refractivity contribution >= 4 is 33.2 Å². The minimum absolute atomic E-state index is 0.0938. The lowest BCUT2D eigenvalue weighted by molar-refractivity contribution is 0.0939. The Labute approximate surface area is 159 Å². The molecule has 0 aliphatic heterocycles. The molecule has 0 radical (unpaired) electrons. The van der Waals surface area contributed by atoms with Gasteiger partial charge in [0.25, 0.3) is 5.91 Å². The van der Waals surface area contributed by atoms with Crippen molar-refractivity contribution in [2.24, 2.45) is 0 Å². The van der Waals surface area contributed by atoms with E-state index in [0.29, 0.717) is 17.9 Å². The van der Waals surface area contributed by atoms with E-state index in [-0.39, 0.29) is 11.9 Å². The molecule has 25 heavy (non-hydrogen) atoms. The highest BCUT2D eigenvalue weighted by molar-refractivity contribution is 9.10. The van der Waals surface area contributed by atoms with Gasteiger partial charge in [-0.2, -0.15) is 0 Å². The first-order valence-corrected chi connectivity index (χ1v) is 9.52. The monoisotopic (exact) mass is 416 g/mol. The lowest BCUT2D eigenvalue weighted by atomic mass is 10.1. The Hall–Kier alpha value is -2.18. The maximum atomic E-state index is 12.4.